The van der Waals surface area contributed by atoms with Crippen LogP contribution in [0.5, 0.6) is 0 Å². The third kappa shape index (κ3) is 3.58. The molecule has 1 N–H and O–H groups in total. The highest BCUT2D eigenvalue weighted by Crippen LogP contribution is 2.32. The molecule has 2 unspecified atom stereocenters. The molecule has 0 saturated carbocycles. The summed E-state index contributed by atoms with van der Waals surface area (Å²) in [4.78, 5) is 0. The first-order chi connectivity index (χ1) is 8.52. The maximum Gasteiger partial charge on any atom is 0.0701 e. The summed E-state index contributed by atoms with van der Waals surface area (Å²) < 4.78 is 3.24. The number of hydrogen-bond donors (Lipinski definition) is 1. The monoisotopic (exact) mass is 315 g/mol. The fourth-order valence-electron chi connectivity index (χ4n) is 2.46. The molecule has 0 fully saturated rings. The van der Waals surface area contributed by atoms with Gasteiger partial charge in [0, 0.05) is 6.04 Å². The molecule has 1 aromatic rings. The van der Waals surface area contributed by atoms with E-state index in [1.165, 1.54) is 18.5 Å². The molecule has 1 heterocycles. The van der Waals surface area contributed by atoms with E-state index in [-0.39, 0.29) is 0 Å². The van der Waals surface area contributed by atoms with Crippen LogP contribution in [0.15, 0.2) is 10.7 Å². The summed E-state index contributed by atoms with van der Waals surface area (Å²) in [5, 5.41) is 8.11. The van der Waals surface area contributed by atoms with Gasteiger partial charge in [-0.3, -0.25) is 4.68 Å². The van der Waals surface area contributed by atoms with Crippen LogP contribution in [-0.2, 0) is 0 Å². The first-order valence-electron chi connectivity index (χ1n) is 6.99. The number of hydrogen-bond acceptors (Lipinski definition) is 2. The van der Waals surface area contributed by atoms with Gasteiger partial charge in [0.05, 0.1) is 22.4 Å². The van der Waals surface area contributed by atoms with Crippen molar-refractivity contribution in [2.75, 3.05) is 6.54 Å². The van der Waals surface area contributed by atoms with E-state index in [1.807, 2.05) is 6.20 Å². The molecule has 104 valence electrons. The van der Waals surface area contributed by atoms with Crippen LogP contribution in [0, 0.1) is 5.92 Å². The Hall–Kier alpha value is -0.350. The van der Waals surface area contributed by atoms with E-state index in [4.69, 9.17) is 0 Å². The first-order valence-corrected chi connectivity index (χ1v) is 7.78. The second kappa shape index (κ2) is 7.29. The van der Waals surface area contributed by atoms with Crippen LogP contribution in [0.3, 0.4) is 0 Å². The summed E-state index contributed by atoms with van der Waals surface area (Å²) in [6, 6.07) is 0.760. The standard InChI is InChI=1S/C14H26BrN3/c1-6-8-11(5)13(16-7-2)14-12(15)9-17-18(14)10(3)4/h9-11,13,16H,6-8H2,1-5H3. The smallest absolute Gasteiger partial charge is 0.0701 e. The van der Waals surface area contributed by atoms with Gasteiger partial charge in [0.25, 0.3) is 0 Å². The predicted octanol–water partition coefficient (Wildman–Crippen LogP) is 4.31. The van der Waals surface area contributed by atoms with Crippen molar-refractivity contribution < 1.29 is 0 Å². The molecule has 1 rings (SSSR count). The lowest BCUT2D eigenvalue weighted by atomic mass is 9.94. The molecule has 2 atom stereocenters. The molecule has 0 aliphatic carbocycles. The third-order valence-corrected chi connectivity index (χ3v) is 3.92. The van der Waals surface area contributed by atoms with Gasteiger partial charge < -0.3 is 5.32 Å². The van der Waals surface area contributed by atoms with Crippen LogP contribution in [0.2, 0.25) is 0 Å². The Kier molecular flexibility index (Phi) is 6.36. The zero-order valence-corrected chi connectivity index (χ0v) is 13.8. The summed E-state index contributed by atoms with van der Waals surface area (Å²) in [6.45, 7) is 12.1. The Morgan fingerprint density at radius 2 is 2.00 bits per heavy atom. The Labute approximate surface area is 119 Å². The highest BCUT2D eigenvalue weighted by atomic mass is 79.9. The first kappa shape index (κ1) is 15.7. The quantitative estimate of drug-likeness (QED) is 0.812. The number of nitrogens with one attached hydrogen (secondary N) is 1. The van der Waals surface area contributed by atoms with Crippen LogP contribution >= 0.6 is 15.9 Å². The van der Waals surface area contributed by atoms with E-state index >= 15 is 0 Å². The maximum atomic E-state index is 4.49. The SMILES string of the molecule is CCCC(C)C(NCC)c1c(Br)cnn1C(C)C. The van der Waals surface area contributed by atoms with E-state index in [0.29, 0.717) is 18.0 Å². The summed E-state index contributed by atoms with van der Waals surface area (Å²) in [7, 11) is 0. The van der Waals surface area contributed by atoms with Crippen molar-refractivity contribution in [2.24, 2.45) is 5.92 Å². The Bertz CT molecular complexity index is 360. The number of rotatable bonds is 7. The minimum absolute atomic E-state index is 0.370. The summed E-state index contributed by atoms with van der Waals surface area (Å²) in [5.74, 6) is 0.612. The summed E-state index contributed by atoms with van der Waals surface area (Å²) >= 11 is 3.65. The van der Waals surface area contributed by atoms with Crippen molar-refractivity contribution in [3.8, 4) is 0 Å². The highest BCUT2D eigenvalue weighted by molar-refractivity contribution is 9.10. The molecule has 0 saturated heterocycles. The van der Waals surface area contributed by atoms with Gasteiger partial charge in [-0.2, -0.15) is 5.10 Å². The zero-order valence-electron chi connectivity index (χ0n) is 12.2. The van der Waals surface area contributed by atoms with Crippen molar-refractivity contribution >= 4 is 15.9 Å². The van der Waals surface area contributed by atoms with Crippen LogP contribution in [0.1, 0.15) is 65.2 Å². The van der Waals surface area contributed by atoms with Gasteiger partial charge >= 0.3 is 0 Å². The minimum Gasteiger partial charge on any atom is -0.309 e. The maximum absolute atomic E-state index is 4.49. The average Bonchev–Trinajstić information content (AvgIpc) is 2.68. The molecule has 3 nitrogen and oxygen atoms in total. The molecule has 0 amide bonds. The van der Waals surface area contributed by atoms with Crippen LogP contribution in [0.25, 0.3) is 0 Å². The van der Waals surface area contributed by atoms with Crippen LogP contribution in [-0.4, -0.2) is 16.3 Å². The van der Waals surface area contributed by atoms with Crippen LogP contribution in [0.4, 0.5) is 0 Å². The van der Waals surface area contributed by atoms with E-state index in [2.05, 4.69) is 65.6 Å². The topological polar surface area (TPSA) is 29.9 Å². The molecular weight excluding hydrogens is 290 g/mol. The second-order valence-corrected chi connectivity index (χ2v) is 6.07. The Morgan fingerprint density at radius 3 is 2.50 bits per heavy atom. The molecule has 4 heteroatoms. The van der Waals surface area contributed by atoms with Crippen molar-refractivity contribution in [1.29, 1.82) is 0 Å². The van der Waals surface area contributed by atoms with E-state index in [0.717, 1.165) is 11.0 Å². The van der Waals surface area contributed by atoms with Crippen molar-refractivity contribution in [3.05, 3.63) is 16.4 Å². The van der Waals surface area contributed by atoms with E-state index < -0.39 is 0 Å². The molecule has 0 aromatic carbocycles. The Morgan fingerprint density at radius 1 is 1.33 bits per heavy atom. The lowest BCUT2D eigenvalue weighted by Gasteiger charge is -2.27. The molecule has 0 aliphatic heterocycles. The molecule has 1 aromatic heterocycles. The summed E-state index contributed by atoms with van der Waals surface area (Å²) in [5.41, 5.74) is 1.28. The van der Waals surface area contributed by atoms with Gasteiger partial charge in [-0.05, 0) is 48.7 Å². The molecule has 0 bridgehead atoms. The number of halogens is 1. The number of nitrogens with zero attached hydrogens (tertiary/aromatic N) is 2. The van der Waals surface area contributed by atoms with Gasteiger partial charge in [0.1, 0.15) is 0 Å². The summed E-state index contributed by atoms with van der Waals surface area (Å²) in [6.07, 6.45) is 4.36. The third-order valence-electron chi connectivity index (χ3n) is 3.31. The average molecular weight is 316 g/mol. The van der Waals surface area contributed by atoms with Gasteiger partial charge in [-0.1, -0.05) is 27.2 Å². The molecular formula is C14H26BrN3. The van der Waals surface area contributed by atoms with Crippen LogP contribution < -0.4 is 5.32 Å². The molecule has 0 radical (unpaired) electrons. The second-order valence-electron chi connectivity index (χ2n) is 5.22. The Balaban J connectivity index is 3.08. The molecule has 18 heavy (non-hydrogen) atoms. The fraction of sp³-hybridized carbons (Fsp3) is 0.786. The fourth-order valence-corrected chi connectivity index (χ4v) is 2.98. The lowest BCUT2D eigenvalue weighted by Crippen LogP contribution is -2.30. The van der Waals surface area contributed by atoms with Crippen molar-refractivity contribution in [3.63, 3.8) is 0 Å². The van der Waals surface area contributed by atoms with Crippen molar-refractivity contribution in [2.45, 2.75) is 59.5 Å². The van der Waals surface area contributed by atoms with E-state index in [9.17, 15) is 0 Å². The molecule has 0 aliphatic rings. The van der Waals surface area contributed by atoms with Crippen molar-refractivity contribution in [1.82, 2.24) is 15.1 Å². The van der Waals surface area contributed by atoms with Gasteiger partial charge in [0.2, 0.25) is 0 Å². The predicted molar refractivity (Wildman–Crippen MR) is 80.8 cm³/mol. The van der Waals surface area contributed by atoms with Gasteiger partial charge in [-0.15, -0.1) is 0 Å². The number of aromatic nitrogens is 2. The molecule has 0 spiro atoms. The van der Waals surface area contributed by atoms with Gasteiger partial charge in [-0.25, -0.2) is 0 Å². The normalized spacial score (nSPS) is 15.1. The van der Waals surface area contributed by atoms with Gasteiger partial charge in [0.15, 0.2) is 0 Å². The van der Waals surface area contributed by atoms with E-state index in [1.54, 1.807) is 0 Å². The highest BCUT2D eigenvalue weighted by Gasteiger charge is 2.25. The lowest BCUT2D eigenvalue weighted by molar-refractivity contribution is 0.338. The zero-order chi connectivity index (χ0) is 13.7. The minimum atomic E-state index is 0.370. The largest absolute Gasteiger partial charge is 0.309 e.